The third kappa shape index (κ3) is 2.89. The van der Waals surface area contributed by atoms with Crippen molar-refractivity contribution in [3.8, 4) is 11.1 Å². The maximum absolute atomic E-state index is 14.2. The first-order valence-electron chi connectivity index (χ1n) is 7.53. The number of benzene rings is 1. The van der Waals surface area contributed by atoms with Crippen molar-refractivity contribution < 1.29 is 9.02 Å². The van der Waals surface area contributed by atoms with Crippen molar-refractivity contribution in [2.45, 2.75) is 13.3 Å². The molecule has 0 unspecified atom stereocenters. The van der Waals surface area contributed by atoms with Crippen molar-refractivity contribution in [3.05, 3.63) is 69.7 Å². The first-order valence-corrected chi connectivity index (χ1v) is 7.53. The number of hydrogen-bond acceptors (Lipinski definition) is 6. The Labute approximate surface area is 140 Å². The minimum atomic E-state index is -0.383. The summed E-state index contributed by atoms with van der Waals surface area (Å²) < 4.78 is 18.7. The SMILES string of the molecule is Cc1ccc(-c2cc(Cc3nc4nonc4[nH]c3=O)ccc2F)cn1. The Kier molecular flexibility index (Phi) is 3.57. The molecule has 7 nitrogen and oxygen atoms in total. The number of hydrogen-bond donors (Lipinski definition) is 1. The fraction of sp³-hybridized carbons (Fsp3) is 0.118. The number of rotatable bonds is 3. The van der Waals surface area contributed by atoms with Gasteiger partial charge in [-0.3, -0.25) is 14.8 Å². The number of nitrogens with one attached hydrogen (secondary N) is 1. The van der Waals surface area contributed by atoms with E-state index >= 15 is 0 Å². The summed E-state index contributed by atoms with van der Waals surface area (Å²) in [5.74, 6) is -0.354. The first kappa shape index (κ1) is 15.1. The molecule has 1 aromatic carbocycles. The lowest BCUT2D eigenvalue weighted by atomic mass is 10.0. The molecule has 0 aliphatic heterocycles. The molecule has 0 radical (unpaired) electrons. The van der Waals surface area contributed by atoms with Gasteiger partial charge in [0.15, 0.2) is 0 Å². The van der Waals surface area contributed by atoms with Crippen LogP contribution in [-0.4, -0.2) is 25.3 Å². The molecule has 4 aromatic rings. The van der Waals surface area contributed by atoms with Gasteiger partial charge in [-0.15, -0.1) is 0 Å². The van der Waals surface area contributed by atoms with Crippen molar-refractivity contribution in [3.63, 3.8) is 0 Å². The molecule has 0 amide bonds. The van der Waals surface area contributed by atoms with Crippen molar-refractivity contribution >= 4 is 11.3 Å². The second kappa shape index (κ2) is 5.90. The van der Waals surface area contributed by atoms with Gasteiger partial charge >= 0.3 is 0 Å². The van der Waals surface area contributed by atoms with Crippen molar-refractivity contribution in [1.82, 2.24) is 25.3 Å². The summed E-state index contributed by atoms with van der Waals surface area (Å²) in [5.41, 5.74) is 2.97. The van der Waals surface area contributed by atoms with Gasteiger partial charge in [-0.25, -0.2) is 14.0 Å². The van der Waals surface area contributed by atoms with Crippen molar-refractivity contribution in [2.75, 3.05) is 0 Å². The molecule has 1 N–H and O–H groups in total. The third-order valence-corrected chi connectivity index (χ3v) is 3.83. The molecule has 0 aliphatic carbocycles. The molecule has 0 bridgehead atoms. The van der Waals surface area contributed by atoms with E-state index in [2.05, 4.69) is 29.9 Å². The predicted molar refractivity (Wildman–Crippen MR) is 87.4 cm³/mol. The number of halogens is 1. The predicted octanol–water partition coefficient (Wildman–Crippen LogP) is 2.41. The van der Waals surface area contributed by atoms with Gasteiger partial charge < -0.3 is 0 Å². The average molecular weight is 337 g/mol. The molecule has 124 valence electrons. The lowest BCUT2D eigenvalue weighted by Gasteiger charge is -2.07. The topological polar surface area (TPSA) is 97.6 Å². The molecular weight excluding hydrogens is 325 g/mol. The van der Waals surface area contributed by atoms with E-state index in [0.717, 1.165) is 11.3 Å². The van der Waals surface area contributed by atoms with Crippen LogP contribution in [-0.2, 0) is 6.42 Å². The quantitative estimate of drug-likeness (QED) is 0.616. The van der Waals surface area contributed by atoms with Gasteiger partial charge in [0, 0.05) is 29.4 Å². The normalized spacial score (nSPS) is 11.1. The Bertz CT molecular complexity index is 1120. The Morgan fingerprint density at radius 1 is 1.20 bits per heavy atom. The minimum absolute atomic E-state index is 0.194. The molecule has 0 fully saturated rings. The maximum Gasteiger partial charge on any atom is 0.271 e. The van der Waals surface area contributed by atoms with Crippen LogP contribution < -0.4 is 5.56 Å². The Balaban J connectivity index is 1.73. The summed E-state index contributed by atoms with van der Waals surface area (Å²) in [7, 11) is 0. The summed E-state index contributed by atoms with van der Waals surface area (Å²) in [6, 6.07) is 8.30. The second-order valence-electron chi connectivity index (χ2n) is 5.63. The van der Waals surface area contributed by atoms with Crippen LogP contribution in [0, 0.1) is 12.7 Å². The van der Waals surface area contributed by atoms with E-state index in [1.165, 1.54) is 6.07 Å². The number of pyridine rings is 1. The average Bonchev–Trinajstić information content (AvgIpc) is 3.05. The molecule has 0 aliphatic rings. The Hall–Kier alpha value is -3.42. The number of H-pyrrole nitrogens is 1. The van der Waals surface area contributed by atoms with E-state index < -0.39 is 0 Å². The molecule has 25 heavy (non-hydrogen) atoms. The highest BCUT2D eigenvalue weighted by molar-refractivity contribution is 5.65. The molecular formula is C17H12FN5O2. The molecule has 0 spiro atoms. The standard InChI is InChI=1S/C17H12FN5O2/c1-9-2-4-11(8-19-9)12-6-10(3-5-13(12)18)7-14-17(24)21-16-15(20-14)22-25-23-16/h2-6,8H,7H2,1H3,(H,21,23,24). The van der Waals surface area contributed by atoms with Crippen molar-refractivity contribution in [1.29, 1.82) is 0 Å². The summed E-state index contributed by atoms with van der Waals surface area (Å²) in [4.78, 5) is 23.0. The largest absolute Gasteiger partial charge is 0.299 e. The molecule has 0 saturated carbocycles. The van der Waals surface area contributed by atoms with E-state index in [1.807, 2.05) is 19.1 Å². The van der Waals surface area contributed by atoms with E-state index in [0.29, 0.717) is 11.1 Å². The van der Waals surface area contributed by atoms with E-state index in [9.17, 15) is 9.18 Å². The summed E-state index contributed by atoms with van der Waals surface area (Å²) in [6.45, 7) is 1.86. The van der Waals surface area contributed by atoms with Crippen LogP contribution in [0.2, 0.25) is 0 Å². The highest BCUT2D eigenvalue weighted by Crippen LogP contribution is 2.24. The fourth-order valence-electron chi connectivity index (χ4n) is 2.54. The van der Waals surface area contributed by atoms with E-state index in [4.69, 9.17) is 0 Å². The zero-order chi connectivity index (χ0) is 17.4. The summed E-state index contributed by atoms with van der Waals surface area (Å²) in [6.07, 6.45) is 1.85. The van der Waals surface area contributed by atoms with Gasteiger partial charge in [0.05, 0.1) is 0 Å². The number of aromatic nitrogens is 5. The first-order chi connectivity index (χ1) is 12.1. The monoisotopic (exact) mass is 337 g/mol. The molecule has 3 aromatic heterocycles. The smallest absolute Gasteiger partial charge is 0.271 e. The minimum Gasteiger partial charge on any atom is -0.299 e. The number of fused-ring (bicyclic) bond motifs is 1. The fourth-order valence-corrected chi connectivity index (χ4v) is 2.54. The van der Waals surface area contributed by atoms with Crippen LogP contribution in [0.25, 0.3) is 22.4 Å². The van der Waals surface area contributed by atoms with E-state index in [1.54, 1.807) is 18.3 Å². The van der Waals surface area contributed by atoms with Crippen LogP contribution in [0.5, 0.6) is 0 Å². The van der Waals surface area contributed by atoms with Gasteiger partial charge in [0.1, 0.15) is 11.5 Å². The molecule has 8 heteroatoms. The number of aryl methyl sites for hydroxylation is 1. The zero-order valence-corrected chi connectivity index (χ0v) is 13.2. The lowest BCUT2D eigenvalue weighted by molar-refractivity contribution is 0.314. The number of aromatic amines is 1. The van der Waals surface area contributed by atoms with Crippen LogP contribution in [0.15, 0.2) is 46.0 Å². The van der Waals surface area contributed by atoms with Crippen LogP contribution >= 0.6 is 0 Å². The maximum atomic E-state index is 14.2. The van der Waals surface area contributed by atoms with Gasteiger partial charge in [0.25, 0.3) is 5.56 Å². The third-order valence-electron chi connectivity index (χ3n) is 3.83. The molecule has 0 atom stereocenters. The zero-order valence-electron chi connectivity index (χ0n) is 13.2. The lowest BCUT2D eigenvalue weighted by Crippen LogP contribution is -2.15. The summed E-state index contributed by atoms with van der Waals surface area (Å²) >= 11 is 0. The molecule has 3 heterocycles. The summed E-state index contributed by atoms with van der Waals surface area (Å²) in [5, 5.41) is 7.15. The van der Waals surface area contributed by atoms with Crippen LogP contribution in [0.3, 0.4) is 0 Å². The Morgan fingerprint density at radius 2 is 2.08 bits per heavy atom. The highest BCUT2D eigenvalue weighted by atomic mass is 19.1. The molecule has 4 rings (SSSR count). The van der Waals surface area contributed by atoms with Gasteiger partial charge in [0.2, 0.25) is 11.3 Å². The number of nitrogens with zero attached hydrogens (tertiary/aromatic N) is 4. The van der Waals surface area contributed by atoms with Gasteiger partial charge in [-0.1, -0.05) is 12.1 Å². The highest BCUT2D eigenvalue weighted by Gasteiger charge is 2.12. The second-order valence-corrected chi connectivity index (χ2v) is 5.63. The van der Waals surface area contributed by atoms with Crippen LogP contribution in [0.4, 0.5) is 4.39 Å². The van der Waals surface area contributed by atoms with E-state index in [-0.39, 0.29) is 34.8 Å². The van der Waals surface area contributed by atoms with Gasteiger partial charge in [-0.2, -0.15) is 0 Å². The van der Waals surface area contributed by atoms with Crippen LogP contribution in [0.1, 0.15) is 17.0 Å². The Morgan fingerprint density at radius 3 is 2.88 bits per heavy atom. The van der Waals surface area contributed by atoms with Crippen molar-refractivity contribution in [2.24, 2.45) is 0 Å². The van der Waals surface area contributed by atoms with Gasteiger partial charge in [-0.05, 0) is 41.0 Å². The molecule has 0 saturated heterocycles.